The lowest BCUT2D eigenvalue weighted by atomic mass is 9.96. The summed E-state index contributed by atoms with van der Waals surface area (Å²) in [5.41, 5.74) is 3.28. The van der Waals surface area contributed by atoms with Gasteiger partial charge in [-0.3, -0.25) is 9.36 Å². The van der Waals surface area contributed by atoms with Gasteiger partial charge in [-0.1, -0.05) is 41.7 Å². The Morgan fingerprint density at radius 2 is 1.94 bits per heavy atom. The van der Waals surface area contributed by atoms with Crippen molar-refractivity contribution in [3.05, 3.63) is 96.2 Å². The Bertz CT molecular complexity index is 1580. The molecule has 0 radical (unpaired) electrons. The van der Waals surface area contributed by atoms with E-state index in [9.17, 15) is 9.59 Å². The lowest BCUT2D eigenvalue weighted by Gasteiger charge is -2.24. The topological polar surface area (TPSA) is 79.1 Å². The van der Waals surface area contributed by atoms with Gasteiger partial charge in [-0.05, 0) is 62.3 Å². The molecule has 0 fully saturated rings. The molecule has 0 N–H and O–H groups in total. The predicted molar refractivity (Wildman–Crippen MR) is 139 cm³/mol. The first-order chi connectivity index (χ1) is 17.4. The Hall–Kier alpha value is -3.91. The summed E-state index contributed by atoms with van der Waals surface area (Å²) < 4.78 is 18.8. The molecule has 0 unspecified atom stereocenters. The molecule has 0 aliphatic carbocycles. The predicted octanol–water partition coefficient (Wildman–Crippen LogP) is 3.62. The van der Waals surface area contributed by atoms with Crippen LogP contribution in [0.4, 0.5) is 0 Å². The lowest BCUT2D eigenvalue weighted by molar-refractivity contribution is -0.139. The van der Waals surface area contributed by atoms with Gasteiger partial charge in [0, 0.05) is 5.56 Å². The van der Waals surface area contributed by atoms with Crippen LogP contribution < -0.4 is 24.4 Å². The SMILES string of the molecule is CCOC(=O)C1=C(C)N=c2s/c(=C\C3=Cc4ccccc4O[C@@H]3C)c(=O)n2[C@@H]1c1ccc(OC)cc1. The van der Waals surface area contributed by atoms with Crippen LogP contribution in [0.3, 0.4) is 0 Å². The van der Waals surface area contributed by atoms with Crippen LogP contribution >= 0.6 is 11.3 Å². The number of benzene rings is 2. The quantitative estimate of drug-likeness (QED) is 0.498. The first kappa shape index (κ1) is 23.8. The standard InChI is InChI=1S/C28H26N2O5S/c1-5-34-27(32)24-16(2)29-28-30(25(24)18-10-12-21(33-4)13-11-18)26(31)23(36-28)15-20-14-19-8-6-7-9-22(19)35-17(20)3/h6-15,17,25H,5H2,1-4H3/b23-15-/t17-,25-/m1/s1. The summed E-state index contributed by atoms with van der Waals surface area (Å²) in [4.78, 5) is 32.0. The number of carbonyl (C=O) groups excluding carboxylic acids is 1. The van der Waals surface area contributed by atoms with Gasteiger partial charge in [-0.15, -0.1) is 0 Å². The van der Waals surface area contributed by atoms with Crippen molar-refractivity contribution in [3.8, 4) is 11.5 Å². The maximum absolute atomic E-state index is 13.8. The van der Waals surface area contributed by atoms with Crippen molar-refractivity contribution >= 4 is 29.5 Å². The van der Waals surface area contributed by atoms with Gasteiger partial charge in [0.1, 0.15) is 17.6 Å². The molecule has 2 aliphatic heterocycles. The van der Waals surface area contributed by atoms with Crippen molar-refractivity contribution in [2.45, 2.75) is 32.9 Å². The minimum Gasteiger partial charge on any atom is -0.497 e. The monoisotopic (exact) mass is 502 g/mol. The molecule has 0 spiro atoms. The van der Waals surface area contributed by atoms with E-state index in [4.69, 9.17) is 14.2 Å². The van der Waals surface area contributed by atoms with Crippen molar-refractivity contribution in [1.82, 2.24) is 4.57 Å². The Balaban J connectivity index is 1.68. The van der Waals surface area contributed by atoms with Crippen LogP contribution in [0.1, 0.15) is 37.9 Å². The Morgan fingerprint density at radius 3 is 2.67 bits per heavy atom. The normalized spacial score (nSPS) is 19.0. The second-order valence-electron chi connectivity index (χ2n) is 8.52. The number of methoxy groups -OCH3 is 1. The average Bonchev–Trinajstić information content (AvgIpc) is 3.18. The Labute approximate surface area is 212 Å². The highest BCUT2D eigenvalue weighted by molar-refractivity contribution is 7.07. The average molecular weight is 503 g/mol. The molecule has 184 valence electrons. The number of carbonyl (C=O) groups is 1. The number of hydrogen-bond donors (Lipinski definition) is 0. The molecule has 3 heterocycles. The Morgan fingerprint density at radius 1 is 1.19 bits per heavy atom. The van der Waals surface area contributed by atoms with Gasteiger partial charge >= 0.3 is 5.97 Å². The van der Waals surface area contributed by atoms with Crippen LogP contribution in [0.5, 0.6) is 11.5 Å². The maximum atomic E-state index is 13.8. The van der Waals surface area contributed by atoms with Gasteiger partial charge in [-0.25, -0.2) is 9.79 Å². The molecule has 2 atom stereocenters. The van der Waals surface area contributed by atoms with Gasteiger partial charge in [-0.2, -0.15) is 0 Å². The summed E-state index contributed by atoms with van der Waals surface area (Å²) in [6.45, 7) is 5.71. The largest absolute Gasteiger partial charge is 0.497 e. The molecule has 0 saturated carbocycles. The highest BCUT2D eigenvalue weighted by atomic mass is 32.1. The first-order valence-electron chi connectivity index (χ1n) is 11.7. The molecular formula is C28H26N2O5S. The molecule has 8 heteroatoms. The lowest BCUT2D eigenvalue weighted by Crippen LogP contribution is -2.40. The van der Waals surface area contributed by atoms with Gasteiger partial charge in [0.05, 0.1) is 35.6 Å². The van der Waals surface area contributed by atoms with E-state index in [0.29, 0.717) is 26.4 Å². The molecule has 5 rings (SSSR count). The third-order valence-electron chi connectivity index (χ3n) is 6.26. The number of nitrogens with zero attached hydrogens (tertiary/aromatic N) is 2. The molecule has 0 bridgehead atoms. The van der Waals surface area contributed by atoms with Crippen LogP contribution in [0.2, 0.25) is 0 Å². The number of allylic oxidation sites excluding steroid dienone is 1. The molecule has 0 amide bonds. The van der Waals surface area contributed by atoms with Crippen LogP contribution in [0.25, 0.3) is 12.2 Å². The molecule has 7 nitrogen and oxygen atoms in total. The highest BCUT2D eigenvalue weighted by Crippen LogP contribution is 2.32. The zero-order valence-electron chi connectivity index (χ0n) is 20.5. The van der Waals surface area contributed by atoms with Crippen LogP contribution in [0.15, 0.2) is 75.2 Å². The number of aromatic nitrogens is 1. The molecule has 0 saturated heterocycles. The van der Waals surface area contributed by atoms with Crippen LogP contribution in [0, 0.1) is 0 Å². The highest BCUT2D eigenvalue weighted by Gasteiger charge is 2.33. The van der Waals surface area contributed by atoms with Crippen LogP contribution in [-0.2, 0) is 9.53 Å². The van der Waals surface area contributed by atoms with Crippen molar-refractivity contribution < 1.29 is 19.0 Å². The fraction of sp³-hybridized carbons (Fsp3) is 0.250. The third kappa shape index (κ3) is 4.18. The zero-order chi connectivity index (χ0) is 25.4. The van der Waals surface area contributed by atoms with E-state index in [1.807, 2.05) is 67.6 Å². The van der Waals surface area contributed by atoms with Gasteiger partial charge < -0.3 is 14.2 Å². The smallest absolute Gasteiger partial charge is 0.338 e. The molecule has 2 aliphatic rings. The summed E-state index contributed by atoms with van der Waals surface area (Å²) in [7, 11) is 1.59. The Kier molecular flexibility index (Phi) is 6.36. The van der Waals surface area contributed by atoms with Gasteiger partial charge in [0.2, 0.25) is 0 Å². The van der Waals surface area contributed by atoms with Crippen molar-refractivity contribution in [2.75, 3.05) is 13.7 Å². The second-order valence-corrected chi connectivity index (χ2v) is 9.53. The minimum atomic E-state index is -0.664. The molecule has 2 aromatic carbocycles. The number of thiazole rings is 1. The molecule has 1 aromatic heterocycles. The van der Waals surface area contributed by atoms with E-state index < -0.39 is 12.0 Å². The number of ether oxygens (including phenoxy) is 3. The number of hydrogen-bond acceptors (Lipinski definition) is 7. The zero-order valence-corrected chi connectivity index (χ0v) is 21.3. The van der Waals surface area contributed by atoms with Gasteiger partial charge in [0.15, 0.2) is 4.80 Å². The van der Waals surface area contributed by atoms with E-state index >= 15 is 0 Å². The van der Waals surface area contributed by atoms with E-state index in [2.05, 4.69) is 4.99 Å². The van der Waals surface area contributed by atoms with E-state index in [1.165, 1.54) is 11.3 Å². The van der Waals surface area contributed by atoms with E-state index in [-0.39, 0.29) is 18.3 Å². The summed E-state index contributed by atoms with van der Waals surface area (Å²) in [6, 6.07) is 14.5. The number of rotatable bonds is 5. The van der Waals surface area contributed by atoms with Crippen molar-refractivity contribution in [2.24, 2.45) is 4.99 Å². The maximum Gasteiger partial charge on any atom is 0.338 e. The summed E-state index contributed by atoms with van der Waals surface area (Å²) >= 11 is 1.30. The van der Waals surface area contributed by atoms with Crippen molar-refractivity contribution in [3.63, 3.8) is 0 Å². The third-order valence-corrected chi connectivity index (χ3v) is 7.24. The first-order valence-corrected chi connectivity index (χ1v) is 12.5. The minimum absolute atomic E-state index is 0.215. The fourth-order valence-electron chi connectivity index (χ4n) is 4.47. The summed E-state index contributed by atoms with van der Waals surface area (Å²) in [5.74, 6) is 1.02. The summed E-state index contributed by atoms with van der Waals surface area (Å²) in [6.07, 6.45) is 3.68. The van der Waals surface area contributed by atoms with E-state index in [1.54, 1.807) is 25.5 Å². The molecular weight excluding hydrogens is 476 g/mol. The second kappa shape index (κ2) is 9.62. The van der Waals surface area contributed by atoms with Crippen LogP contribution in [-0.4, -0.2) is 30.4 Å². The van der Waals surface area contributed by atoms with Gasteiger partial charge in [0.25, 0.3) is 5.56 Å². The fourth-order valence-corrected chi connectivity index (χ4v) is 5.51. The molecule has 3 aromatic rings. The van der Waals surface area contributed by atoms with Crippen molar-refractivity contribution in [1.29, 1.82) is 0 Å². The molecule has 36 heavy (non-hydrogen) atoms. The number of esters is 1. The van der Waals surface area contributed by atoms with E-state index in [0.717, 1.165) is 22.4 Å². The summed E-state index contributed by atoms with van der Waals surface area (Å²) in [5, 5.41) is 0. The number of para-hydroxylation sites is 1. The number of fused-ring (bicyclic) bond motifs is 2.